The van der Waals surface area contributed by atoms with Gasteiger partial charge >= 0.3 is 6.03 Å². The summed E-state index contributed by atoms with van der Waals surface area (Å²) in [6.07, 6.45) is 3.03. The van der Waals surface area contributed by atoms with Gasteiger partial charge < -0.3 is 5.32 Å². The number of nitrogens with zero attached hydrogens (tertiary/aromatic N) is 5. The fraction of sp³-hybridized carbons (Fsp3) is 0.176. The number of para-hydroxylation sites is 1. The molecule has 0 radical (unpaired) electrons. The Labute approximate surface area is 158 Å². The molecule has 4 amide bonds. The van der Waals surface area contributed by atoms with Gasteiger partial charge in [-0.3, -0.25) is 14.5 Å². The molecule has 2 aliphatic rings. The summed E-state index contributed by atoms with van der Waals surface area (Å²) >= 11 is 1.31. The van der Waals surface area contributed by atoms with Crippen molar-refractivity contribution < 1.29 is 14.4 Å². The van der Waals surface area contributed by atoms with Crippen molar-refractivity contribution in [1.29, 1.82) is 0 Å². The number of carbonyl (C=O) groups is 3. The maximum Gasteiger partial charge on any atom is 0.350 e. The Morgan fingerprint density at radius 3 is 2.85 bits per heavy atom. The van der Waals surface area contributed by atoms with Crippen molar-refractivity contribution in [2.75, 3.05) is 13.1 Å². The molecule has 3 heterocycles. The Bertz CT molecular complexity index is 968. The summed E-state index contributed by atoms with van der Waals surface area (Å²) in [6, 6.07) is 8.59. The summed E-state index contributed by atoms with van der Waals surface area (Å²) in [4.78, 5) is 42.9. The number of amides is 4. The zero-order valence-electron chi connectivity index (χ0n) is 14.0. The van der Waals surface area contributed by atoms with Gasteiger partial charge in [0.1, 0.15) is 5.25 Å². The van der Waals surface area contributed by atoms with Gasteiger partial charge in [0.15, 0.2) is 5.69 Å². The lowest BCUT2D eigenvalue weighted by Crippen LogP contribution is -2.49. The topological polar surface area (TPSA) is 110 Å². The minimum absolute atomic E-state index is 0.0457. The van der Waals surface area contributed by atoms with E-state index >= 15 is 0 Å². The third-order valence-corrected chi connectivity index (χ3v) is 5.01. The normalized spacial score (nSPS) is 18.4. The molecule has 1 atom stereocenters. The average molecular weight is 382 g/mol. The van der Waals surface area contributed by atoms with Gasteiger partial charge in [-0.05, 0) is 23.6 Å². The van der Waals surface area contributed by atoms with E-state index in [1.807, 2.05) is 30.3 Å². The largest absolute Gasteiger partial charge is 0.350 e. The Kier molecular flexibility index (Phi) is 4.55. The summed E-state index contributed by atoms with van der Waals surface area (Å²) in [7, 11) is 0. The maximum atomic E-state index is 12.3. The fourth-order valence-corrected chi connectivity index (χ4v) is 3.55. The van der Waals surface area contributed by atoms with Crippen LogP contribution in [0.15, 0.2) is 53.0 Å². The predicted octanol–water partition coefficient (Wildman–Crippen LogP) is 1.03. The number of benzene rings is 1. The lowest BCUT2D eigenvalue weighted by atomic mass is 10.2. The number of aliphatic imine (C=N–C) groups is 1. The molecule has 9 nitrogen and oxygen atoms in total. The summed E-state index contributed by atoms with van der Waals surface area (Å²) in [5.41, 5.74) is 1.36. The number of fused-ring (bicyclic) bond motifs is 1. The van der Waals surface area contributed by atoms with Crippen LogP contribution in [0.1, 0.15) is 10.5 Å². The summed E-state index contributed by atoms with van der Waals surface area (Å²) in [6.45, 7) is 0.147. The van der Waals surface area contributed by atoms with E-state index in [2.05, 4.69) is 20.5 Å². The maximum absolute atomic E-state index is 12.3. The van der Waals surface area contributed by atoms with Crippen LogP contribution in [0.5, 0.6) is 0 Å². The first kappa shape index (κ1) is 17.2. The molecule has 27 heavy (non-hydrogen) atoms. The molecule has 0 spiro atoms. The third kappa shape index (κ3) is 3.38. The van der Waals surface area contributed by atoms with Crippen molar-refractivity contribution in [2.45, 2.75) is 5.25 Å². The monoisotopic (exact) mass is 382 g/mol. The van der Waals surface area contributed by atoms with E-state index in [9.17, 15) is 14.4 Å². The van der Waals surface area contributed by atoms with Gasteiger partial charge in [0.25, 0.3) is 5.91 Å². The number of imide groups is 1. The zero-order valence-corrected chi connectivity index (χ0v) is 14.8. The highest BCUT2D eigenvalue weighted by Gasteiger charge is 2.38. The molecular formula is C17H14N6O3S. The third-order valence-electron chi connectivity index (χ3n) is 4.00. The van der Waals surface area contributed by atoms with Crippen LogP contribution >= 0.6 is 11.8 Å². The van der Waals surface area contributed by atoms with Crippen LogP contribution in [-0.2, 0) is 4.79 Å². The van der Waals surface area contributed by atoms with E-state index in [0.29, 0.717) is 5.71 Å². The highest BCUT2D eigenvalue weighted by molar-refractivity contribution is 8.04. The van der Waals surface area contributed by atoms with Gasteiger partial charge in [0.2, 0.25) is 5.91 Å². The van der Waals surface area contributed by atoms with Crippen molar-refractivity contribution in [1.82, 2.24) is 25.2 Å². The van der Waals surface area contributed by atoms with Crippen molar-refractivity contribution in [2.24, 2.45) is 4.99 Å². The molecule has 1 aromatic heterocycles. The SMILES string of the molecule is O=C(NCCN1C(=O)N=C2C=CSC2C1=O)c1cnn(-c2ccccc2)n1. The highest BCUT2D eigenvalue weighted by Crippen LogP contribution is 2.27. The zero-order chi connectivity index (χ0) is 18.8. The van der Waals surface area contributed by atoms with Crippen LogP contribution in [0.4, 0.5) is 4.79 Å². The number of nitrogens with one attached hydrogen (secondary N) is 1. The van der Waals surface area contributed by atoms with Crippen LogP contribution in [0.25, 0.3) is 5.69 Å². The molecule has 0 saturated carbocycles. The van der Waals surface area contributed by atoms with Crippen LogP contribution in [-0.4, -0.2) is 61.8 Å². The van der Waals surface area contributed by atoms with Crippen LogP contribution < -0.4 is 5.32 Å². The second-order valence-corrected chi connectivity index (χ2v) is 6.75. The summed E-state index contributed by atoms with van der Waals surface area (Å²) in [5, 5.41) is 12.1. The quantitative estimate of drug-likeness (QED) is 0.827. The fourth-order valence-electron chi connectivity index (χ4n) is 2.66. The van der Waals surface area contributed by atoms with Crippen molar-refractivity contribution >= 4 is 35.3 Å². The first-order valence-corrected chi connectivity index (χ1v) is 9.09. The first-order chi connectivity index (χ1) is 13.1. The molecule has 0 bridgehead atoms. The molecule has 1 N–H and O–H groups in total. The van der Waals surface area contributed by atoms with E-state index in [0.717, 1.165) is 10.6 Å². The van der Waals surface area contributed by atoms with Gasteiger partial charge in [-0.1, -0.05) is 18.2 Å². The van der Waals surface area contributed by atoms with E-state index in [1.54, 1.807) is 11.5 Å². The molecule has 1 unspecified atom stereocenters. The van der Waals surface area contributed by atoms with Gasteiger partial charge in [-0.25, -0.2) is 4.79 Å². The molecule has 2 aliphatic heterocycles. The minimum Gasteiger partial charge on any atom is -0.349 e. The molecule has 0 saturated heterocycles. The first-order valence-electron chi connectivity index (χ1n) is 8.15. The Morgan fingerprint density at radius 2 is 2.04 bits per heavy atom. The number of hydrogen-bond donors (Lipinski definition) is 1. The van der Waals surface area contributed by atoms with Gasteiger partial charge in [0, 0.05) is 13.1 Å². The molecule has 2 aromatic rings. The number of rotatable bonds is 5. The molecule has 136 valence electrons. The molecule has 0 fully saturated rings. The number of aromatic nitrogens is 3. The van der Waals surface area contributed by atoms with Crippen LogP contribution in [0, 0.1) is 0 Å². The summed E-state index contributed by atoms with van der Waals surface area (Å²) in [5.74, 6) is -0.751. The Hall–Kier alpha value is -3.27. The molecule has 1 aromatic carbocycles. The van der Waals surface area contributed by atoms with E-state index in [1.165, 1.54) is 22.8 Å². The van der Waals surface area contributed by atoms with Crippen LogP contribution in [0.2, 0.25) is 0 Å². The second-order valence-electron chi connectivity index (χ2n) is 5.74. The number of urea groups is 1. The van der Waals surface area contributed by atoms with Crippen molar-refractivity contribution in [3.05, 3.63) is 53.7 Å². The average Bonchev–Trinajstić information content (AvgIpc) is 3.34. The highest BCUT2D eigenvalue weighted by atomic mass is 32.2. The molecule has 0 aliphatic carbocycles. The Balaban J connectivity index is 1.34. The Morgan fingerprint density at radius 1 is 1.22 bits per heavy atom. The van der Waals surface area contributed by atoms with Crippen molar-refractivity contribution in [3.63, 3.8) is 0 Å². The van der Waals surface area contributed by atoms with Gasteiger partial charge in [-0.2, -0.15) is 14.9 Å². The van der Waals surface area contributed by atoms with E-state index in [4.69, 9.17) is 0 Å². The van der Waals surface area contributed by atoms with E-state index in [-0.39, 0.29) is 24.7 Å². The smallest absolute Gasteiger partial charge is 0.349 e. The number of carbonyl (C=O) groups excluding carboxylic acids is 3. The van der Waals surface area contributed by atoms with Gasteiger partial charge in [0.05, 0.1) is 17.6 Å². The van der Waals surface area contributed by atoms with E-state index < -0.39 is 17.2 Å². The lowest BCUT2D eigenvalue weighted by molar-refractivity contribution is -0.126. The molecule has 10 heteroatoms. The minimum atomic E-state index is -0.609. The molecular weight excluding hydrogens is 368 g/mol. The number of thioether (sulfide) groups is 1. The van der Waals surface area contributed by atoms with Gasteiger partial charge in [-0.15, -0.1) is 16.9 Å². The lowest BCUT2D eigenvalue weighted by Gasteiger charge is -2.25. The van der Waals surface area contributed by atoms with Crippen LogP contribution in [0.3, 0.4) is 0 Å². The predicted molar refractivity (Wildman–Crippen MR) is 98.8 cm³/mol. The molecule has 4 rings (SSSR count). The van der Waals surface area contributed by atoms with Crippen molar-refractivity contribution in [3.8, 4) is 5.69 Å². The number of hydrogen-bond acceptors (Lipinski definition) is 6. The summed E-state index contributed by atoms with van der Waals surface area (Å²) < 4.78 is 0. The standard InChI is InChI=1S/C17H14N6O3S/c24-15(13-10-19-23(21-13)11-4-2-1-3-5-11)18-7-8-22-16(25)14-12(6-9-27-14)20-17(22)26/h1-6,9-10,14H,7-8H2,(H,18,24). The number of allylic oxidation sites excluding steroid dienone is 1. The second kappa shape index (κ2) is 7.16.